The number of hydrogen-bond acceptors (Lipinski definition) is 7. The van der Waals surface area contributed by atoms with Crippen molar-refractivity contribution in [3.05, 3.63) is 47.9 Å². The summed E-state index contributed by atoms with van der Waals surface area (Å²) in [5.41, 5.74) is 3.64. The van der Waals surface area contributed by atoms with Gasteiger partial charge in [0, 0.05) is 12.1 Å². The van der Waals surface area contributed by atoms with Crippen molar-refractivity contribution in [1.82, 2.24) is 25.1 Å². The lowest BCUT2D eigenvalue weighted by Crippen LogP contribution is -1.96. The largest absolute Gasteiger partial charge is 0.493 e. The van der Waals surface area contributed by atoms with Crippen LogP contribution in [0.15, 0.2) is 40.9 Å². The topological polar surface area (TPSA) is 88.1 Å². The molecule has 0 fully saturated rings. The lowest BCUT2D eigenvalue weighted by atomic mass is 10.1. The Morgan fingerprint density at radius 1 is 1.04 bits per heavy atom. The van der Waals surface area contributed by atoms with Gasteiger partial charge in [-0.15, -0.1) is 5.10 Å². The number of nitrogens with zero attached hydrogens (tertiary/aromatic N) is 5. The molecule has 138 valence electrons. The SMILES string of the molecule is CCn1nnc2ccc(-c3noc(Cc4ccc(OC)c(OC)c4)n3)cc21. The fourth-order valence-corrected chi connectivity index (χ4v) is 2.95. The summed E-state index contributed by atoms with van der Waals surface area (Å²) >= 11 is 0. The molecule has 8 heteroatoms. The summed E-state index contributed by atoms with van der Waals surface area (Å²) in [6.45, 7) is 2.77. The van der Waals surface area contributed by atoms with Crippen LogP contribution in [0.1, 0.15) is 18.4 Å². The predicted octanol–water partition coefficient (Wildman–Crippen LogP) is 3.11. The minimum absolute atomic E-state index is 0.504. The average molecular weight is 365 g/mol. The number of rotatable bonds is 6. The standard InChI is InChI=1S/C19H19N5O3/c1-4-24-15-11-13(6-7-14(15)21-23-24)19-20-18(27-22-19)10-12-5-8-16(25-2)17(9-12)26-3/h5-9,11H,4,10H2,1-3H3. The Labute approximate surface area is 155 Å². The van der Waals surface area contributed by atoms with Gasteiger partial charge in [0.05, 0.1) is 26.2 Å². The Hall–Kier alpha value is -3.42. The molecule has 4 rings (SSSR count). The highest BCUT2D eigenvalue weighted by Gasteiger charge is 2.13. The Bertz CT molecular complexity index is 1090. The number of fused-ring (bicyclic) bond motifs is 1. The van der Waals surface area contributed by atoms with E-state index in [0.717, 1.165) is 28.7 Å². The van der Waals surface area contributed by atoms with E-state index in [9.17, 15) is 0 Å². The Morgan fingerprint density at radius 2 is 1.89 bits per heavy atom. The van der Waals surface area contributed by atoms with E-state index in [1.54, 1.807) is 14.2 Å². The number of benzene rings is 2. The molecule has 0 spiro atoms. The van der Waals surface area contributed by atoms with E-state index >= 15 is 0 Å². The third-order valence-corrected chi connectivity index (χ3v) is 4.34. The summed E-state index contributed by atoms with van der Waals surface area (Å²) in [5, 5.41) is 12.4. The molecule has 0 N–H and O–H groups in total. The van der Waals surface area contributed by atoms with E-state index in [1.807, 2.05) is 48.0 Å². The van der Waals surface area contributed by atoms with Gasteiger partial charge in [0.2, 0.25) is 11.7 Å². The molecule has 0 aliphatic rings. The van der Waals surface area contributed by atoms with Crippen LogP contribution in [0.3, 0.4) is 0 Å². The van der Waals surface area contributed by atoms with Gasteiger partial charge in [0.1, 0.15) is 5.52 Å². The summed E-state index contributed by atoms with van der Waals surface area (Å²) in [4.78, 5) is 4.52. The molecule has 0 atom stereocenters. The number of aryl methyl sites for hydroxylation is 1. The van der Waals surface area contributed by atoms with Crippen molar-refractivity contribution in [3.63, 3.8) is 0 Å². The average Bonchev–Trinajstić information content (AvgIpc) is 3.34. The fourth-order valence-electron chi connectivity index (χ4n) is 2.95. The Balaban J connectivity index is 1.60. The van der Waals surface area contributed by atoms with E-state index in [1.165, 1.54) is 0 Å². The molecular formula is C19H19N5O3. The first-order chi connectivity index (χ1) is 13.2. The summed E-state index contributed by atoms with van der Waals surface area (Å²) in [6.07, 6.45) is 0.504. The first-order valence-electron chi connectivity index (χ1n) is 8.59. The summed E-state index contributed by atoms with van der Waals surface area (Å²) in [6, 6.07) is 11.5. The minimum Gasteiger partial charge on any atom is -0.493 e. The molecule has 0 saturated carbocycles. The Morgan fingerprint density at radius 3 is 2.67 bits per heavy atom. The monoisotopic (exact) mass is 365 g/mol. The van der Waals surface area contributed by atoms with E-state index < -0.39 is 0 Å². The molecule has 0 radical (unpaired) electrons. The summed E-state index contributed by atoms with van der Waals surface area (Å²) < 4.78 is 17.9. The van der Waals surface area contributed by atoms with Gasteiger partial charge in [0.25, 0.3) is 0 Å². The second-order valence-electron chi connectivity index (χ2n) is 5.99. The molecule has 0 aliphatic carbocycles. The molecule has 2 heterocycles. The molecule has 0 unspecified atom stereocenters. The predicted molar refractivity (Wildman–Crippen MR) is 98.8 cm³/mol. The zero-order valence-electron chi connectivity index (χ0n) is 15.3. The van der Waals surface area contributed by atoms with Crippen LogP contribution in [0.25, 0.3) is 22.4 Å². The number of hydrogen-bond donors (Lipinski definition) is 0. The van der Waals surface area contributed by atoms with Crippen LogP contribution in [0.2, 0.25) is 0 Å². The van der Waals surface area contributed by atoms with Crippen LogP contribution >= 0.6 is 0 Å². The highest BCUT2D eigenvalue weighted by molar-refractivity contribution is 5.79. The van der Waals surface area contributed by atoms with Gasteiger partial charge < -0.3 is 14.0 Å². The van der Waals surface area contributed by atoms with E-state index in [-0.39, 0.29) is 0 Å². The van der Waals surface area contributed by atoms with Gasteiger partial charge in [-0.25, -0.2) is 4.68 Å². The highest BCUT2D eigenvalue weighted by Crippen LogP contribution is 2.28. The van der Waals surface area contributed by atoms with E-state index in [4.69, 9.17) is 14.0 Å². The van der Waals surface area contributed by atoms with Gasteiger partial charge in [0.15, 0.2) is 11.5 Å². The van der Waals surface area contributed by atoms with Crippen LogP contribution in [0, 0.1) is 0 Å². The van der Waals surface area contributed by atoms with Crippen molar-refractivity contribution in [3.8, 4) is 22.9 Å². The molecule has 8 nitrogen and oxygen atoms in total. The molecule has 0 aliphatic heterocycles. The lowest BCUT2D eigenvalue weighted by molar-refractivity contribution is 0.354. The van der Waals surface area contributed by atoms with Gasteiger partial charge >= 0.3 is 0 Å². The maximum Gasteiger partial charge on any atom is 0.231 e. The molecule has 4 aromatic rings. The third kappa shape index (κ3) is 3.21. The van der Waals surface area contributed by atoms with Crippen LogP contribution in [-0.4, -0.2) is 39.4 Å². The second-order valence-corrected chi connectivity index (χ2v) is 5.99. The van der Waals surface area contributed by atoms with Crippen LogP contribution in [-0.2, 0) is 13.0 Å². The molecule has 0 saturated heterocycles. The van der Waals surface area contributed by atoms with Crippen molar-refractivity contribution in [1.29, 1.82) is 0 Å². The molecular weight excluding hydrogens is 346 g/mol. The molecule has 0 amide bonds. The fraction of sp³-hybridized carbons (Fsp3) is 0.263. The molecule has 2 aromatic carbocycles. The maximum absolute atomic E-state index is 5.43. The number of ether oxygens (including phenoxy) is 2. The van der Waals surface area contributed by atoms with Crippen LogP contribution in [0.4, 0.5) is 0 Å². The lowest BCUT2D eigenvalue weighted by Gasteiger charge is -2.08. The first-order valence-corrected chi connectivity index (χ1v) is 8.59. The van der Waals surface area contributed by atoms with Crippen molar-refractivity contribution in [2.75, 3.05) is 14.2 Å². The highest BCUT2D eigenvalue weighted by atomic mass is 16.5. The molecule has 27 heavy (non-hydrogen) atoms. The van der Waals surface area contributed by atoms with Crippen LogP contribution < -0.4 is 9.47 Å². The van der Waals surface area contributed by atoms with Gasteiger partial charge in [-0.05, 0) is 42.8 Å². The molecule has 2 aromatic heterocycles. The van der Waals surface area contributed by atoms with Gasteiger partial charge in [-0.2, -0.15) is 4.98 Å². The third-order valence-electron chi connectivity index (χ3n) is 4.34. The second kappa shape index (κ2) is 7.06. The molecule has 0 bridgehead atoms. The van der Waals surface area contributed by atoms with Crippen molar-refractivity contribution >= 4 is 11.0 Å². The minimum atomic E-state index is 0.504. The summed E-state index contributed by atoms with van der Waals surface area (Å²) in [7, 11) is 3.22. The zero-order chi connectivity index (χ0) is 18.8. The number of methoxy groups -OCH3 is 2. The maximum atomic E-state index is 5.43. The van der Waals surface area contributed by atoms with E-state index in [0.29, 0.717) is 29.6 Å². The first kappa shape index (κ1) is 17.0. The van der Waals surface area contributed by atoms with Gasteiger partial charge in [-0.3, -0.25) is 0 Å². The van der Waals surface area contributed by atoms with Gasteiger partial charge in [-0.1, -0.05) is 16.4 Å². The Kier molecular flexibility index (Phi) is 4.45. The summed E-state index contributed by atoms with van der Waals surface area (Å²) in [5.74, 6) is 2.41. The normalized spacial score (nSPS) is 11.1. The smallest absolute Gasteiger partial charge is 0.231 e. The van der Waals surface area contributed by atoms with Crippen molar-refractivity contribution < 1.29 is 14.0 Å². The number of aromatic nitrogens is 5. The van der Waals surface area contributed by atoms with Crippen molar-refractivity contribution in [2.45, 2.75) is 19.9 Å². The van der Waals surface area contributed by atoms with Crippen LogP contribution in [0.5, 0.6) is 11.5 Å². The van der Waals surface area contributed by atoms with Crippen molar-refractivity contribution in [2.24, 2.45) is 0 Å². The quantitative estimate of drug-likeness (QED) is 0.519. The van der Waals surface area contributed by atoms with E-state index in [2.05, 4.69) is 20.5 Å². The zero-order valence-corrected chi connectivity index (χ0v) is 15.3.